The van der Waals surface area contributed by atoms with Crippen LogP contribution in [-0.4, -0.2) is 17.9 Å². The minimum Gasteiger partial charge on any atom is -0.367 e. The molecule has 0 saturated carbocycles. The van der Waals surface area contributed by atoms with Crippen molar-refractivity contribution in [1.29, 1.82) is 0 Å². The standard InChI is InChI=1S/C10H9ClN2O3/c11-6-3-1-5(2-4-6)10(9(13)15)7(16-10)8(12)14/h1-4,7H,(H2,12,14)(H2,13,15). The van der Waals surface area contributed by atoms with Gasteiger partial charge in [0.05, 0.1) is 0 Å². The fraction of sp³-hybridized carbons (Fsp3) is 0.200. The normalized spacial score (nSPS) is 27.4. The number of nitrogens with two attached hydrogens (primary N) is 2. The van der Waals surface area contributed by atoms with Crippen LogP contribution in [0.3, 0.4) is 0 Å². The highest BCUT2D eigenvalue weighted by Gasteiger charge is 2.66. The number of amides is 2. The summed E-state index contributed by atoms with van der Waals surface area (Å²) in [6.07, 6.45) is -0.994. The zero-order chi connectivity index (χ0) is 11.9. The van der Waals surface area contributed by atoms with Gasteiger partial charge in [-0.1, -0.05) is 23.7 Å². The number of rotatable bonds is 3. The molecule has 5 nitrogen and oxygen atoms in total. The number of carbonyl (C=O) groups excluding carboxylic acids is 2. The minimum absolute atomic E-state index is 0.480. The molecular formula is C10H9ClN2O3. The van der Waals surface area contributed by atoms with Crippen molar-refractivity contribution in [3.05, 3.63) is 34.9 Å². The van der Waals surface area contributed by atoms with Gasteiger partial charge in [0.1, 0.15) is 0 Å². The zero-order valence-electron chi connectivity index (χ0n) is 8.14. The van der Waals surface area contributed by atoms with Crippen LogP contribution in [0.15, 0.2) is 24.3 Å². The van der Waals surface area contributed by atoms with E-state index < -0.39 is 23.5 Å². The Balaban J connectivity index is 2.40. The maximum Gasteiger partial charge on any atom is 0.257 e. The predicted molar refractivity (Wildman–Crippen MR) is 56.4 cm³/mol. The Morgan fingerprint density at radius 2 is 1.81 bits per heavy atom. The summed E-state index contributed by atoms with van der Waals surface area (Å²) in [5.74, 6) is -1.45. The molecule has 1 fully saturated rings. The number of epoxide rings is 1. The predicted octanol–water partition coefficient (Wildman–Crippen LogP) is -0.0953. The van der Waals surface area contributed by atoms with E-state index in [1.54, 1.807) is 24.3 Å². The quantitative estimate of drug-likeness (QED) is 0.722. The van der Waals surface area contributed by atoms with Crippen molar-refractivity contribution in [3.63, 3.8) is 0 Å². The molecule has 0 spiro atoms. The van der Waals surface area contributed by atoms with Crippen LogP contribution in [0, 0.1) is 0 Å². The molecule has 2 atom stereocenters. The second-order valence-electron chi connectivity index (χ2n) is 3.51. The van der Waals surface area contributed by atoms with E-state index in [0.717, 1.165) is 0 Å². The van der Waals surface area contributed by atoms with Gasteiger partial charge in [-0.05, 0) is 17.7 Å². The lowest BCUT2D eigenvalue weighted by atomic mass is 9.94. The maximum absolute atomic E-state index is 11.3. The number of carbonyl (C=O) groups is 2. The van der Waals surface area contributed by atoms with Gasteiger partial charge in [0.15, 0.2) is 6.10 Å². The average molecular weight is 241 g/mol. The number of hydrogen-bond acceptors (Lipinski definition) is 3. The molecule has 0 bridgehead atoms. The molecule has 0 radical (unpaired) electrons. The molecule has 0 aliphatic carbocycles. The highest BCUT2D eigenvalue weighted by molar-refractivity contribution is 6.30. The SMILES string of the molecule is NC(=O)C1OC1(C(N)=O)c1ccc(Cl)cc1. The third kappa shape index (κ3) is 1.45. The Bertz CT molecular complexity index is 460. The third-order valence-electron chi connectivity index (χ3n) is 2.51. The second kappa shape index (κ2) is 3.47. The lowest BCUT2D eigenvalue weighted by Crippen LogP contribution is -2.36. The summed E-state index contributed by atoms with van der Waals surface area (Å²) in [6, 6.07) is 6.33. The summed E-state index contributed by atoms with van der Waals surface area (Å²) >= 11 is 5.71. The molecular weight excluding hydrogens is 232 g/mol. The van der Waals surface area contributed by atoms with E-state index >= 15 is 0 Å². The fourth-order valence-corrected chi connectivity index (χ4v) is 1.78. The van der Waals surface area contributed by atoms with Gasteiger partial charge in [-0.25, -0.2) is 0 Å². The molecule has 2 unspecified atom stereocenters. The van der Waals surface area contributed by atoms with Crippen LogP contribution in [-0.2, 0) is 19.9 Å². The van der Waals surface area contributed by atoms with E-state index in [1.165, 1.54) is 0 Å². The van der Waals surface area contributed by atoms with Crippen LogP contribution < -0.4 is 11.5 Å². The lowest BCUT2D eigenvalue weighted by molar-refractivity contribution is -0.124. The molecule has 1 aromatic carbocycles. The molecule has 0 aromatic heterocycles. The van der Waals surface area contributed by atoms with Gasteiger partial charge in [-0.2, -0.15) is 0 Å². The first-order chi connectivity index (χ1) is 7.48. The lowest BCUT2D eigenvalue weighted by Gasteiger charge is -2.08. The van der Waals surface area contributed by atoms with Crippen molar-refractivity contribution in [1.82, 2.24) is 0 Å². The highest BCUT2D eigenvalue weighted by atomic mass is 35.5. The van der Waals surface area contributed by atoms with E-state index in [2.05, 4.69) is 0 Å². The second-order valence-corrected chi connectivity index (χ2v) is 3.94. The maximum atomic E-state index is 11.3. The van der Waals surface area contributed by atoms with Gasteiger partial charge in [0.25, 0.3) is 11.8 Å². The summed E-state index contributed by atoms with van der Waals surface area (Å²) < 4.78 is 5.06. The molecule has 84 valence electrons. The molecule has 1 saturated heterocycles. The van der Waals surface area contributed by atoms with Gasteiger partial charge in [0, 0.05) is 5.02 Å². The van der Waals surface area contributed by atoms with E-state index in [9.17, 15) is 9.59 Å². The Kier molecular flexibility index (Phi) is 2.36. The van der Waals surface area contributed by atoms with Crippen LogP contribution in [0.4, 0.5) is 0 Å². The summed E-state index contributed by atoms with van der Waals surface area (Å²) in [5, 5.41) is 0.514. The Labute approximate surface area is 96.3 Å². The first-order valence-corrected chi connectivity index (χ1v) is 4.89. The summed E-state index contributed by atoms with van der Waals surface area (Å²) in [5.41, 5.74) is 9.37. The largest absolute Gasteiger partial charge is 0.367 e. The first kappa shape index (κ1) is 10.9. The topological polar surface area (TPSA) is 98.7 Å². The van der Waals surface area contributed by atoms with E-state index in [0.29, 0.717) is 10.6 Å². The monoisotopic (exact) mass is 240 g/mol. The highest BCUT2D eigenvalue weighted by Crippen LogP contribution is 2.46. The third-order valence-corrected chi connectivity index (χ3v) is 2.77. The molecule has 6 heteroatoms. The van der Waals surface area contributed by atoms with Crippen molar-refractivity contribution < 1.29 is 14.3 Å². The molecule has 1 aromatic rings. The van der Waals surface area contributed by atoms with Crippen LogP contribution >= 0.6 is 11.6 Å². The molecule has 16 heavy (non-hydrogen) atoms. The van der Waals surface area contributed by atoms with Gasteiger partial charge in [-0.3, -0.25) is 9.59 Å². The van der Waals surface area contributed by atoms with E-state index in [-0.39, 0.29) is 0 Å². The van der Waals surface area contributed by atoms with Crippen molar-refractivity contribution in [2.45, 2.75) is 11.7 Å². The molecule has 4 N–H and O–H groups in total. The van der Waals surface area contributed by atoms with Gasteiger partial charge >= 0.3 is 0 Å². The van der Waals surface area contributed by atoms with Gasteiger partial charge in [0.2, 0.25) is 5.60 Å². The Morgan fingerprint density at radius 3 is 2.19 bits per heavy atom. The van der Waals surface area contributed by atoms with Crippen LogP contribution in [0.5, 0.6) is 0 Å². The minimum atomic E-state index is -1.42. The molecule has 1 aliphatic rings. The summed E-state index contributed by atoms with van der Waals surface area (Å²) in [7, 11) is 0. The number of benzene rings is 1. The Morgan fingerprint density at radius 1 is 1.25 bits per heavy atom. The Hall–Kier alpha value is -1.59. The molecule has 2 amide bonds. The fourth-order valence-electron chi connectivity index (χ4n) is 1.66. The van der Waals surface area contributed by atoms with E-state index in [1.807, 2.05) is 0 Å². The molecule has 1 heterocycles. The van der Waals surface area contributed by atoms with Crippen LogP contribution in [0.25, 0.3) is 0 Å². The van der Waals surface area contributed by atoms with Gasteiger partial charge < -0.3 is 16.2 Å². The number of halogens is 1. The molecule has 1 aliphatic heterocycles. The zero-order valence-corrected chi connectivity index (χ0v) is 8.90. The van der Waals surface area contributed by atoms with Crippen LogP contribution in [0.2, 0.25) is 5.02 Å². The summed E-state index contributed by atoms with van der Waals surface area (Å²) in [4.78, 5) is 22.3. The first-order valence-electron chi connectivity index (χ1n) is 4.51. The van der Waals surface area contributed by atoms with Gasteiger partial charge in [-0.15, -0.1) is 0 Å². The average Bonchev–Trinajstić information content (AvgIpc) is 2.95. The number of ether oxygens (including phenoxy) is 1. The van der Waals surface area contributed by atoms with Crippen molar-refractivity contribution in [2.75, 3.05) is 0 Å². The van der Waals surface area contributed by atoms with Crippen molar-refractivity contribution in [2.24, 2.45) is 11.5 Å². The smallest absolute Gasteiger partial charge is 0.257 e. The number of primary amides is 2. The van der Waals surface area contributed by atoms with Crippen LogP contribution in [0.1, 0.15) is 5.56 Å². The number of hydrogen-bond donors (Lipinski definition) is 2. The van der Waals surface area contributed by atoms with Crippen molar-refractivity contribution in [3.8, 4) is 0 Å². The molecule has 2 rings (SSSR count). The van der Waals surface area contributed by atoms with E-state index in [4.69, 9.17) is 27.8 Å². The summed E-state index contributed by atoms with van der Waals surface area (Å²) in [6.45, 7) is 0. The van der Waals surface area contributed by atoms with Crippen molar-refractivity contribution >= 4 is 23.4 Å².